The molecule has 0 radical (unpaired) electrons. The number of nitrogens with one attached hydrogen (secondary N) is 1. The zero-order valence-electron chi connectivity index (χ0n) is 12.5. The van der Waals surface area contributed by atoms with Gasteiger partial charge in [0, 0.05) is 24.5 Å². The minimum Gasteiger partial charge on any atom is -0.481 e. The average Bonchev–Trinajstić information content (AvgIpc) is 2.43. The van der Waals surface area contributed by atoms with E-state index in [1.807, 2.05) is 0 Å². The van der Waals surface area contributed by atoms with Crippen LogP contribution in [0, 0.1) is 11.8 Å². The first-order chi connectivity index (χ1) is 9.47. The number of aliphatic carboxylic acids is 1. The van der Waals surface area contributed by atoms with Gasteiger partial charge in [0.2, 0.25) is 5.91 Å². The third kappa shape index (κ3) is 3.72. The summed E-state index contributed by atoms with van der Waals surface area (Å²) in [5, 5.41) is 12.1. The van der Waals surface area contributed by atoms with E-state index in [4.69, 9.17) is 5.11 Å². The summed E-state index contributed by atoms with van der Waals surface area (Å²) in [5.74, 6) is -0.813. The number of carbonyl (C=O) groups excluding carboxylic acids is 1. The molecular weight excluding hydrogens is 256 g/mol. The Labute approximate surface area is 120 Å². The Kier molecular flexibility index (Phi) is 5.02. The molecule has 1 amide bonds. The zero-order valence-corrected chi connectivity index (χ0v) is 12.5. The van der Waals surface area contributed by atoms with E-state index in [1.165, 1.54) is 0 Å². The van der Waals surface area contributed by atoms with E-state index < -0.39 is 5.97 Å². The summed E-state index contributed by atoms with van der Waals surface area (Å²) in [6.45, 7) is 3.22. The Bertz CT molecular complexity index is 364. The molecule has 1 heterocycles. The third-order valence-electron chi connectivity index (χ3n) is 5.00. The molecule has 2 fully saturated rings. The lowest BCUT2D eigenvalue weighted by molar-refractivity contribution is -0.144. The van der Waals surface area contributed by atoms with Crippen LogP contribution >= 0.6 is 0 Å². The first-order valence-electron chi connectivity index (χ1n) is 7.70. The summed E-state index contributed by atoms with van der Waals surface area (Å²) >= 11 is 0. The van der Waals surface area contributed by atoms with Crippen molar-refractivity contribution in [3.8, 4) is 0 Å². The summed E-state index contributed by atoms with van der Waals surface area (Å²) in [4.78, 5) is 25.5. The van der Waals surface area contributed by atoms with Crippen LogP contribution in [-0.4, -0.2) is 47.6 Å². The van der Waals surface area contributed by atoms with E-state index in [2.05, 4.69) is 24.2 Å². The van der Waals surface area contributed by atoms with Crippen molar-refractivity contribution in [2.24, 2.45) is 11.8 Å². The van der Waals surface area contributed by atoms with Crippen molar-refractivity contribution in [1.29, 1.82) is 0 Å². The molecule has 2 rings (SSSR count). The predicted octanol–water partition coefficient (Wildman–Crippen LogP) is 1.48. The first kappa shape index (κ1) is 15.3. The van der Waals surface area contributed by atoms with Gasteiger partial charge in [0.25, 0.3) is 0 Å². The summed E-state index contributed by atoms with van der Waals surface area (Å²) in [7, 11) is 2.12. The van der Waals surface area contributed by atoms with Gasteiger partial charge in [-0.15, -0.1) is 0 Å². The van der Waals surface area contributed by atoms with Gasteiger partial charge < -0.3 is 15.3 Å². The molecule has 1 aliphatic heterocycles. The molecular formula is C15H26N2O3. The van der Waals surface area contributed by atoms with Crippen LogP contribution in [0.5, 0.6) is 0 Å². The first-order valence-corrected chi connectivity index (χ1v) is 7.70. The highest BCUT2D eigenvalue weighted by atomic mass is 16.4. The molecule has 5 nitrogen and oxygen atoms in total. The number of hydrogen-bond donors (Lipinski definition) is 2. The maximum absolute atomic E-state index is 12.3. The summed E-state index contributed by atoms with van der Waals surface area (Å²) < 4.78 is 0. The van der Waals surface area contributed by atoms with Gasteiger partial charge in [-0.1, -0.05) is 0 Å². The van der Waals surface area contributed by atoms with E-state index in [1.54, 1.807) is 0 Å². The average molecular weight is 282 g/mol. The molecule has 2 unspecified atom stereocenters. The molecule has 0 aromatic rings. The molecule has 0 bridgehead atoms. The van der Waals surface area contributed by atoms with E-state index in [0.29, 0.717) is 31.7 Å². The minimum absolute atomic E-state index is 0.0144. The van der Waals surface area contributed by atoms with Gasteiger partial charge in [-0.3, -0.25) is 9.59 Å². The number of amides is 1. The molecule has 2 N–H and O–H groups in total. The second-order valence-electron chi connectivity index (χ2n) is 6.45. The lowest BCUT2D eigenvalue weighted by Crippen LogP contribution is -2.49. The second kappa shape index (κ2) is 6.57. The standard InChI is InChI=1S/C15H26N2O3/c1-10-9-13(7-8-17(10)2)16-14(18)11-3-5-12(6-4-11)15(19)20/h10-13H,3-9H2,1-2H3,(H,16,18)(H,19,20). The summed E-state index contributed by atoms with van der Waals surface area (Å²) in [5.41, 5.74) is 0. The quantitative estimate of drug-likeness (QED) is 0.822. The van der Waals surface area contributed by atoms with E-state index in [0.717, 1.165) is 19.4 Å². The molecule has 114 valence electrons. The Morgan fingerprint density at radius 1 is 1.10 bits per heavy atom. The van der Waals surface area contributed by atoms with Crippen molar-refractivity contribution >= 4 is 11.9 Å². The molecule has 0 aromatic carbocycles. The Hall–Kier alpha value is -1.10. The highest BCUT2D eigenvalue weighted by Gasteiger charge is 2.31. The van der Waals surface area contributed by atoms with Gasteiger partial charge in [-0.2, -0.15) is 0 Å². The van der Waals surface area contributed by atoms with Crippen molar-refractivity contribution in [1.82, 2.24) is 10.2 Å². The van der Waals surface area contributed by atoms with Crippen LogP contribution in [0.4, 0.5) is 0 Å². The lowest BCUT2D eigenvalue weighted by Gasteiger charge is -2.36. The van der Waals surface area contributed by atoms with Gasteiger partial charge in [0.05, 0.1) is 5.92 Å². The number of carboxylic acid groups (broad SMARTS) is 1. The predicted molar refractivity (Wildman–Crippen MR) is 76.3 cm³/mol. The van der Waals surface area contributed by atoms with Gasteiger partial charge in [0.1, 0.15) is 0 Å². The molecule has 2 aliphatic rings. The smallest absolute Gasteiger partial charge is 0.306 e. The number of likely N-dealkylation sites (tertiary alicyclic amines) is 1. The highest BCUT2D eigenvalue weighted by Crippen LogP contribution is 2.29. The molecule has 1 saturated carbocycles. The number of rotatable bonds is 3. The Morgan fingerprint density at radius 2 is 1.70 bits per heavy atom. The van der Waals surface area contributed by atoms with E-state index >= 15 is 0 Å². The van der Waals surface area contributed by atoms with Gasteiger partial charge in [0.15, 0.2) is 0 Å². The third-order valence-corrected chi connectivity index (χ3v) is 5.00. The van der Waals surface area contributed by atoms with Crippen molar-refractivity contribution in [3.63, 3.8) is 0 Å². The number of hydrogen-bond acceptors (Lipinski definition) is 3. The largest absolute Gasteiger partial charge is 0.481 e. The fourth-order valence-corrected chi connectivity index (χ4v) is 3.34. The van der Waals surface area contributed by atoms with Gasteiger partial charge >= 0.3 is 5.97 Å². The normalized spacial score (nSPS) is 35.5. The van der Waals surface area contributed by atoms with Crippen LogP contribution < -0.4 is 5.32 Å². The fourth-order valence-electron chi connectivity index (χ4n) is 3.34. The molecule has 2 atom stereocenters. The van der Waals surface area contributed by atoms with Crippen molar-refractivity contribution in [2.45, 2.75) is 57.5 Å². The Morgan fingerprint density at radius 3 is 2.25 bits per heavy atom. The van der Waals surface area contributed by atoms with Crippen LogP contribution in [-0.2, 0) is 9.59 Å². The monoisotopic (exact) mass is 282 g/mol. The molecule has 0 aromatic heterocycles. The van der Waals surface area contributed by atoms with Crippen LogP contribution in [0.2, 0.25) is 0 Å². The Balaban J connectivity index is 1.77. The van der Waals surface area contributed by atoms with E-state index in [-0.39, 0.29) is 23.8 Å². The number of carbonyl (C=O) groups is 2. The highest BCUT2D eigenvalue weighted by molar-refractivity contribution is 5.79. The molecule has 1 saturated heterocycles. The molecule has 1 aliphatic carbocycles. The zero-order chi connectivity index (χ0) is 14.7. The number of carboxylic acids is 1. The maximum atomic E-state index is 12.3. The van der Waals surface area contributed by atoms with Crippen molar-refractivity contribution < 1.29 is 14.7 Å². The van der Waals surface area contributed by atoms with Gasteiger partial charge in [-0.25, -0.2) is 0 Å². The molecule has 5 heteroatoms. The molecule has 20 heavy (non-hydrogen) atoms. The number of nitrogens with zero attached hydrogens (tertiary/aromatic N) is 1. The van der Waals surface area contributed by atoms with Crippen molar-refractivity contribution in [2.75, 3.05) is 13.6 Å². The summed E-state index contributed by atoms with van der Waals surface area (Å²) in [6.07, 6.45) is 4.72. The van der Waals surface area contributed by atoms with Crippen LogP contribution in [0.1, 0.15) is 45.4 Å². The topological polar surface area (TPSA) is 69.6 Å². The minimum atomic E-state index is -0.715. The lowest BCUT2D eigenvalue weighted by atomic mass is 9.81. The second-order valence-corrected chi connectivity index (χ2v) is 6.45. The van der Waals surface area contributed by atoms with Crippen LogP contribution in [0.15, 0.2) is 0 Å². The maximum Gasteiger partial charge on any atom is 0.306 e. The van der Waals surface area contributed by atoms with Crippen molar-refractivity contribution in [3.05, 3.63) is 0 Å². The molecule has 0 spiro atoms. The summed E-state index contributed by atoms with van der Waals surface area (Å²) in [6, 6.07) is 0.794. The fraction of sp³-hybridized carbons (Fsp3) is 0.867. The van der Waals surface area contributed by atoms with E-state index in [9.17, 15) is 9.59 Å². The van der Waals surface area contributed by atoms with Gasteiger partial charge in [-0.05, 0) is 52.5 Å². The SMILES string of the molecule is CC1CC(NC(=O)C2CCC(C(=O)O)CC2)CCN1C. The number of piperidine rings is 1. The van der Waals surface area contributed by atoms with Crippen LogP contribution in [0.3, 0.4) is 0 Å². The van der Waals surface area contributed by atoms with Crippen LogP contribution in [0.25, 0.3) is 0 Å².